The summed E-state index contributed by atoms with van der Waals surface area (Å²) in [5.74, 6) is -0.155. The highest BCUT2D eigenvalue weighted by molar-refractivity contribution is 7.80. The molecule has 9 heteroatoms. The van der Waals surface area contributed by atoms with Crippen LogP contribution in [-0.2, 0) is 9.53 Å². The van der Waals surface area contributed by atoms with Crippen LogP contribution in [0, 0.1) is 5.92 Å². The smallest absolute Gasteiger partial charge is 0.411 e. The third-order valence-electron chi connectivity index (χ3n) is 3.45. The van der Waals surface area contributed by atoms with E-state index in [0.717, 1.165) is 11.3 Å². The quantitative estimate of drug-likeness (QED) is 0.701. The Morgan fingerprint density at radius 2 is 2.13 bits per heavy atom. The molecule has 0 saturated carbocycles. The Labute approximate surface area is 137 Å². The van der Waals surface area contributed by atoms with E-state index in [1.54, 1.807) is 24.3 Å². The Bertz CT molecular complexity index is 741. The lowest BCUT2D eigenvalue weighted by Gasteiger charge is -2.26. The van der Waals surface area contributed by atoms with Crippen molar-refractivity contribution >= 4 is 46.6 Å². The van der Waals surface area contributed by atoms with Crippen molar-refractivity contribution in [3.63, 3.8) is 0 Å². The number of ether oxygens (including phenoxy) is 1. The van der Waals surface area contributed by atoms with Gasteiger partial charge in [-0.1, -0.05) is 12.1 Å². The molecule has 23 heavy (non-hydrogen) atoms. The summed E-state index contributed by atoms with van der Waals surface area (Å²) in [6, 6.07) is 7.07. The number of anilines is 1. The van der Waals surface area contributed by atoms with Gasteiger partial charge in [0, 0.05) is 12.1 Å². The molecule has 1 aromatic carbocycles. The molecule has 2 amide bonds. The van der Waals surface area contributed by atoms with Gasteiger partial charge >= 0.3 is 6.09 Å². The Morgan fingerprint density at radius 3 is 2.83 bits per heavy atom. The van der Waals surface area contributed by atoms with Crippen molar-refractivity contribution < 1.29 is 14.3 Å². The fourth-order valence-electron chi connectivity index (χ4n) is 2.29. The number of methoxy groups -OCH3 is 1. The zero-order valence-electron chi connectivity index (χ0n) is 12.1. The number of nitrogens with zero attached hydrogens (tertiary/aromatic N) is 2. The average molecular weight is 331 g/mol. The first-order valence-electron chi connectivity index (χ1n) is 6.78. The largest absolute Gasteiger partial charge is 0.453 e. The van der Waals surface area contributed by atoms with Crippen LogP contribution >= 0.6 is 12.2 Å². The van der Waals surface area contributed by atoms with Crippen LogP contribution in [0.4, 0.5) is 10.5 Å². The number of carbonyl (C=O) groups is 2. The molecule has 3 N–H and O–H groups in total. The van der Waals surface area contributed by atoms with Gasteiger partial charge in [-0.3, -0.25) is 15.5 Å². The Kier molecular flexibility index (Phi) is 4.02. The molecule has 3 rings (SSSR count). The number of carbonyl (C=O) groups excluding carboxylic acids is 2. The summed E-state index contributed by atoms with van der Waals surface area (Å²) in [4.78, 5) is 27.2. The summed E-state index contributed by atoms with van der Waals surface area (Å²) < 4.78 is 4.53. The van der Waals surface area contributed by atoms with Crippen molar-refractivity contribution in [2.24, 2.45) is 16.0 Å². The molecule has 118 valence electrons. The van der Waals surface area contributed by atoms with Crippen LogP contribution in [0.3, 0.4) is 0 Å². The van der Waals surface area contributed by atoms with E-state index in [1.165, 1.54) is 7.11 Å². The van der Waals surface area contributed by atoms with Crippen molar-refractivity contribution in [1.82, 2.24) is 10.7 Å². The van der Waals surface area contributed by atoms with E-state index in [1.807, 2.05) is 0 Å². The number of nitrogens with one attached hydrogen (secondary N) is 3. The maximum absolute atomic E-state index is 12.0. The number of thiocarbonyl (C=S) groups is 1. The molecule has 2 aliphatic heterocycles. The zero-order chi connectivity index (χ0) is 16.4. The van der Waals surface area contributed by atoms with Gasteiger partial charge in [0.2, 0.25) is 11.0 Å². The van der Waals surface area contributed by atoms with E-state index < -0.39 is 12.0 Å². The molecule has 2 aliphatic rings. The number of benzene rings is 1. The number of hydrazone groups is 1. The maximum atomic E-state index is 12.0. The second-order valence-corrected chi connectivity index (χ2v) is 5.30. The van der Waals surface area contributed by atoms with Crippen LogP contribution in [0.25, 0.3) is 0 Å². The number of fused-ring (bicyclic) bond motifs is 1. The van der Waals surface area contributed by atoms with Crippen molar-refractivity contribution in [1.29, 1.82) is 0 Å². The predicted molar refractivity (Wildman–Crippen MR) is 88.4 cm³/mol. The molecule has 1 atom stereocenters. The molecular weight excluding hydrogens is 318 g/mol. The van der Waals surface area contributed by atoms with E-state index in [9.17, 15) is 9.59 Å². The number of hydrogen-bond donors (Lipinski definition) is 3. The topological polar surface area (TPSA) is 104 Å². The van der Waals surface area contributed by atoms with E-state index in [2.05, 4.69) is 30.9 Å². The lowest BCUT2D eigenvalue weighted by molar-refractivity contribution is -0.121. The molecule has 0 aliphatic carbocycles. The summed E-state index contributed by atoms with van der Waals surface area (Å²) in [6.07, 6.45) is -0.116. The summed E-state index contributed by atoms with van der Waals surface area (Å²) in [7, 11) is 1.30. The molecular formula is C14H13N5O3S. The van der Waals surface area contributed by atoms with Gasteiger partial charge in [0.05, 0.1) is 12.8 Å². The Morgan fingerprint density at radius 1 is 1.39 bits per heavy atom. The number of rotatable bonds is 2. The lowest BCUT2D eigenvalue weighted by atomic mass is 9.93. The highest BCUT2D eigenvalue weighted by Crippen LogP contribution is 2.20. The number of aliphatic imine (C=N–C) groups is 1. The molecule has 1 unspecified atom stereocenters. The zero-order valence-corrected chi connectivity index (χ0v) is 12.9. The van der Waals surface area contributed by atoms with Gasteiger partial charge in [-0.25, -0.2) is 9.79 Å². The van der Waals surface area contributed by atoms with Gasteiger partial charge in [-0.05, 0) is 29.9 Å². The molecule has 0 fully saturated rings. The summed E-state index contributed by atoms with van der Waals surface area (Å²) >= 11 is 4.88. The van der Waals surface area contributed by atoms with Crippen LogP contribution < -0.4 is 16.1 Å². The second-order valence-electron chi connectivity index (χ2n) is 4.91. The van der Waals surface area contributed by atoms with E-state index in [4.69, 9.17) is 12.2 Å². The normalized spacial score (nSPS) is 19.6. The van der Waals surface area contributed by atoms with Gasteiger partial charge in [-0.15, -0.1) is 0 Å². The van der Waals surface area contributed by atoms with Crippen molar-refractivity contribution in [2.75, 3.05) is 12.4 Å². The minimum Gasteiger partial charge on any atom is -0.453 e. The van der Waals surface area contributed by atoms with Gasteiger partial charge in [0.25, 0.3) is 0 Å². The Balaban J connectivity index is 1.78. The van der Waals surface area contributed by atoms with Gasteiger partial charge < -0.3 is 10.1 Å². The summed E-state index contributed by atoms with van der Waals surface area (Å²) in [5, 5.41) is 9.49. The number of hydrogen-bond acceptors (Lipinski definition) is 6. The standard InChI is InChI=1S/C14H13N5O3S/c1-22-14(21)15-8-4-2-7(3-5-8)10-6-9-11(19-18-10)16-13(23)17-12(9)20/h2-5,9H,6H2,1H3,(H,15,21)(H2,16,17,19,20,23). The van der Waals surface area contributed by atoms with Crippen molar-refractivity contribution in [3.8, 4) is 0 Å². The lowest BCUT2D eigenvalue weighted by Crippen LogP contribution is -2.50. The van der Waals surface area contributed by atoms with Crippen LogP contribution in [0.1, 0.15) is 12.0 Å². The van der Waals surface area contributed by atoms with Crippen LogP contribution in [0.5, 0.6) is 0 Å². The fraction of sp³-hybridized carbons (Fsp3) is 0.214. The van der Waals surface area contributed by atoms with E-state index >= 15 is 0 Å². The first kappa shape index (κ1) is 15.1. The Hall–Kier alpha value is -2.81. The molecule has 0 saturated heterocycles. The number of amides is 2. The highest BCUT2D eigenvalue weighted by atomic mass is 32.1. The molecule has 0 spiro atoms. The summed E-state index contributed by atoms with van der Waals surface area (Å²) in [5.41, 5.74) is 4.96. The first-order chi connectivity index (χ1) is 11.1. The van der Waals surface area contributed by atoms with Crippen molar-refractivity contribution in [2.45, 2.75) is 6.42 Å². The molecule has 8 nitrogen and oxygen atoms in total. The third kappa shape index (κ3) is 3.19. The molecule has 0 radical (unpaired) electrons. The van der Waals surface area contributed by atoms with Crippen molar-refractivity contribution in [3.05, 3.63) is 29.8 Å². The second kappa shape index (κ2) is 6.13. The van der Waals surface area contributed by atoms with E-state index in [0.29, 0.717) is 17.9 Å². The molecule has 0 aromatic heterocycles. The molecule has 0 bridgehead atoms. The third-order valence-corrected chi connectivity index (χ3v) is 3.64. The minimum absolute atomic E-state index is 0.144. The monoisotopic (exact) mass is 331 g/mol. The van der Waals surface area contributed by atoms with E-state index in [-0.39, 0.29) is 11.0 Å². The molecule has 1 aromatic rings. The minimum atomic E-state index is -0.537. The van der Waals surface area contributed by atoms with Crippen LogP contribution in [0.2, 0.25) is 0 Å². The maximum Gasteiger partial charge on any atom is 0.411 e. The number of amidine groups is 1. The first-order valence-corrected chi connectivity index (χ1v) is 7.19. The molecule has 2 heterocycles. The van der Waals surface area contributed by atoms with Crippen LogP contribution in [-0.4, -0.2) is 35.8 Å². The predicted octanol–water partition coefficient (Wildman–Crippen LogP) is 0.992. The van der Waals surface area contributed by atoms with Crippen LogP contribution in [0.15, 0.2) is 34.4 Å². The van der Waals surface area contributed by atoms with Gasteiger partial charge in [0.1, 0.15) is 11.8 Å². The average Bonchev–Trinajstić information content (AvgIpc) is 2.55. The fourth-order valence-corrected chi connectivity index (χ4v) is 2.48. The SMILES string of the molecule is COC(=O)Nc1ccc(C2=NNC3=NC(=S)NC(=O)C3C2)cc1. The summed E-state index contributed by atoms with van der Waals surface area (Å²) in [6.45, 7) is 0. The highest BCUT2D eigenvalue weighted by Gasteiger charge is 2.33. The van der Waals surface area contributed by atoms with Gasteiger partial charge in [0.15, 0.2) is 0 Å². The van der Waals surface area contributed by atoms with Gasteiger partial charge in [-0.2, -0.15) is 5.10 Å².